The fraction of sp³-hybridized carbons (Fsp3) is 0. The van der Waals surface area contributed by atoms with Gasteiger partial charge in [0, 0.05) is 23.2 Å². The van der Waals surface area contributed by atoms with Gasteiger partial charge in [-0.25, -0.2) is 4.98 Å². The van der Waals surface area contributed by atoms with Crippen LogP contribution in [0.2, 0.25) is 0 Å². The number of aromatic nitrogens is 2. The zero-order valence-electron chi connectivity index (χ0n) is 6.77. The highest BCUT2D eigenvalue weighted by atomic mass is 16.3. The van der Waals surface area contributed by atoms with Gasteiger partial charge in [-0.3, -0.25) is 4.98 Å². The Hall–Kier alpha value is -1.90. The number of nitrogens with zero attached hydrogens (tertiary/aromatic N) is 2. The Bertz CT molecular complexity index is 571. The number of benzene rings is 1. The standard InChI is InChI=1S/C10H6N2O/c1-2-9-10(12-3-4-13-9)8-6-11-5-7(1)8/h1-6H. The summed E-state index contributed by atoms with van der Waals surface area (Å²) in [5.74, 6) is 0. The van der Waals surface area contributed by atoms with Crippen molar-refractivity contribution in [3.8, 4) is 0 Å². The summed E-state index contributed by atoms with van der Waals surface area (Å²) in [5.41, 5.74) is 1.67. The maximum absolute atomic E-state index is 5.30. The van der Waals surface area contributed by atoms with Gasteiger partial charge in [-0.2, -0.15) is 0 Å². The first-order chi connectivity index (χ1) is 6.45. The fourth-order valence-electron chi connectivity index (χ4n) is 1.48. The predicted octanol–water partition coefficient (Wildman–Crippen LogP) is 2.38. The van der Waals surface area contributed by atoms with Crippen LogP contribution in [0.4, 0.5) is 0 Å². The molecule has 0 bridgehead atoms. The molecule has 0 aliphatic heterocycles. The lowest BCUT2D eigenvalue weighted by Gasteiger charge is -1.95. The van der Waals surface area contributed by atoms with Crippen LogP contribution in [0.25, 0.3) is 21.9 Å². The quantitative estimate of drug-likeness (QED) is 0.520. The molecule has 3 rings (SSSR count). The molecule has 0 fully saturated rings. The molecule has 1 aromatic carbocycles. The van der Waals surface area contributed by atoms with E-state index in [1.807, 2.05) is 18.3 Å². The molecule has 0 saturated carbocycles. The van der Waals surface area contributed by atoms with Crippen LogP contribution in [0.1, 0.15) is 0 Å². The van der Waals surface area contributed by atoms with E-state index in [0.717, 1.165) is 21.9 Å². The van der Waals surface area contributed by atoms with Crippen LogP contribution in [0, 0.1) is 0 Å². The average molecular weight is 170 g/mol. The van der Waals surface area contributed by atoms with Crippen molar-refractivity contribution >= 4 is 21.9 Å². The lowest BCUT2D eigenvalue weighted by atomic mass is 10.2. The molecule has 0 N–H and O–H groups in total. The third-order valence-corrected chi connectivity index (χ3v) is 2.09. The minimum atomic E-state index is 0.794. The van der Waals surface area contributed by atoms with E-state index < -0.39 is 0 Å². The normalized spacial score (nSPS) is 11.1. The van der Waals surface area contributed by atoms with Gasteiger partial charge in [0.1, 0.15) is 11.8 Å². The molecule has 0 aliphatic rings. The number of fused-ring (bicyclic) bond motifs is 3. The zero-order chi connectivity index (χ0) is 8.67. The van der Waals surface area contributed by atoms with E-state index in [1.165, 1.54) is 0 Å². The van der Waals surface area contributed by atoms with Crippen molar-refractivity contribution in [2.24, 2.45) is 0 Å². The smallest absolute Gasteiger partial charge is 0.152 e. The van der Waals surface area contributed by atoms with Gasteiger partial charge in [0.2, 0.25) is 0 Å². The van der Waals surface area contributed by atoms with Gasteiger partial charge in [0.05, 0.1) is 6.20 Å². The molecule has 3 heteroatoms. The molecule has 3 nitrogen and oxygen atoms in total. The Morgan fingerprint density at radius 3 is 3.15 bits per heavy atom. The molecule has 0 spiro atoms. The molecule has 2 aromatic heterocycles. The molecule has 0 aliphatic carbocycles. The highest BCUT2D eigenvalue weighted by Gasteiger charge is 2.02. The Morgan fingerprint density at radius 2 is 2.15 bits per heavy atom. The minimum Gasteiger partial charge on any atom is -0.461 e. The SMILES string of the molecule is c1coc2ccc3cncc3c2n1. The van der Waals surface area contributed by atoms with E-state index in [1.54, 1.807) is 18.7 Å². The minimum absolute atomic E-state index is 0.794. The molecule has 0 radical (unpaired) electrons. The Labute approximate surface area is 74.0 Å². The van der Waals surface area contributed by atoms with E-state index in [4.69, 9.17) is 4.42 Å². The Kier molecular flexibility index (Phi) is 1.16. The lowest BCUT2D eigenvalue weighted by Crippen LogP contribution is -1.76. The summed E-state index contributed by atoms with van der Waals surface area (Å²) >= 11 is 0. The van der Waals surface area contributed by atoms with Gasteiger partial charge in [-0.05, 0) is 12.1 Å². The third-order valence-electron chi connectivity index (χ3n) is 2.09. The maximum atomic E-state index is 5.30. The summed E-state index contributed by atoms with van der Waals surface area (Å²) in [6.07, 6.45) is 6.85. The second-order valence-corrected chi connectivity index (χ2v) is 2.85. The van der Waals surface area contributed by atoms with Gasteiger partial charge in [0.15, 0.2) is 5.58 Å². The topological polar surface area (TPSA) is 38.9 Å². The molecular formula is C10H6N2O. The first-order valence-electron chi connectivity index (χ1n) is 4.01. The molecule has 0 unspecified atom stereocenters. The van der Waals surface area contributed by atoms with Crippen LogP contribution in [0.3, 0.4) is 0 Å². The van der Waals surface area contributed by atoms with Crippen molar-refractivity contribution in [3.63, 3.8) is 0 Å². The van der Waals surface area contributed by atoms with Crippen molar-refractivity contribution in [2.45, 2.75) is 0 Å². The van der Waals surface area contributed by atoms with E-state index in [9.17, 15) is 0 Å². The summed E-state index contributed by atoms with van der Waals surface area (Å²) in [5, 5.41) is 2.14. The average Bonchev–Trinajstić information content (AvgIpc) is 2.65. The number of hydrogen-bond donors (Lipinski definition) is 0. The van der Waals surface area contributed by atoms with E-state index in [0.29, 0.717) is 0 Å². The van der Waals surface area contributed by atoms with Gasteiger partial charge < -0.3 is 4.42 Å². The van der Waals surface area contributed by atoms with Crippen LogP contribution >= 0.6 is 0 Å². The third kappa shape index (κ3) is 0.839. The fourth-order valence-corrected chi connectivity index (χ4v) is 1.48. The van der Waals surface area contributed by atoms with Gasteiger partial charge in [-0.1, -0.05) is 0 Å². The molecular weight excluding hydrogens is 164 g/mol. The Morgan fingerprint density at radius 1 is 1.15 bits per heavy atom. The van der Waals surface area contributed by atoms with Crippen LogP contribution in [0.5, 0.6) is 0 Å². The molecule has 13 heavy (non-hydrogen) atoms. The summed E-state index contributed by atoms with van der Waals surface area (Å²) in [4.78, 5) is 8.32. The van der Waals surface area contributed by atoms with Gasteiger partial charge in [0.25, 0.3) is 0 Å². The monoisotopic (exact) mass is 170 g/mol. The summed E-state index contributed by atoms with van der Waals surface area (Å²) < 4.78 is 5.30. The number of rotatable bonds is 0. The van der Waals surface area contributed by atoms with Crippen molar-refractivity contribution in [2.75, 3.05) is 0 Å². The van der Waals surface area contributed by atoms with Crippen molar-refractivity contribution < 1.29 is 4.42 Å². The molecule has 3 aromatic rings. The van der Waals surface area contributed by atoms with Gasteiger partial charge in [-0.15, -0.1) is 0 Å². The molecule has 2 heterocycles. The molecule has 0 amide bonds. The second-order valence-electron chi connectivity index (χ2n) is 2.85. The second kappa shape index (κ2) is 2.29. The summed E-state index contributed by atoms with van der Waals surface area (Å²) in [6.45, 7) is 0. The van der Waals surface area contributed by atoms with Gasteiger partial charge >= 0.3 is 0 Å². The van der Waals surface area contributed by atoms with Crippen molar-refractivity contribution in [3.05, 3.63) is 37.0 Å². The van der Waals surface area contributed by atoms with Crippen LogP contribution in [0.15, 0.2) is 41.4 Å². The van der Waals surface area contributed by atoms with E-state index >= 15 is 0 Å². The largest absolute Gasteiger partial charge is 0.461 e. The molecule has 0 saturated heterocycles. The molecule has 62 valence electrons. The van der Waals surface area contributed by atoms with E-state index in [-0.39, 0.29) is 0 Å². The van der Waals surface area contributed by atoms with E-state index in [2.05, 4.69) is 9.97 Å². The number of hydrogen-bond acceptors (Lipinski definition) is 3. The Balaban J connectivity index is 2.65. The van der Waals surface area contributed by atoms with Crippen LogP contribution < -0.4 is 0 Å². The summed E-state index contributed by atoms with van der Waals surface area (Å²) in [7, 11) is 0. The maximum Gasteiger partial charge on any atom is 0.152 e. The highest BCUT2D eigenvalue weighted by molar-refractivity contribution is 6.02. The zero-order valence-corrected chi connectivity index (χ0v) is 6.77. The predicted molar refractivity (Wildman–Crippen MR) is 49.3 cm³/mol. The van der Waals surface area contributed by atoms with Crippen molar-refractivity contribution in [1.29, 1.82) is 0 Å². The van der Waals surface area contributed by atoms with Crippen LogP contribution in [-0.4, -0.2) is 9.97 Å². The summed E-state index contributed by atoms with van der Waals surface area (Å²) in [6, 6.07) is 3.89. The first-order valence-corrected chi connectivity index (χ1v) is 4.01. The first kappa shape index (κ1) is 6.60. The molecule has 0 atom stereocenters. The van der Waals surface area contributed by atoms with Crippen LogP contribution in [-0.2, 0) is 0 Å². The lowest BCUT2D eigenvalue weighted by molar-refractivity contribution is 0.598. The van der Waals surface area contributed by atoms with Crippen molar-refractivity contribution in [1.82, 2.24) is 9.97 Å². The highest BCUT2D eigenvalue weighted by Crippen LogP contribution is 2.22.